The number of carbonyl (C=O) groups is 2. The summed E-state index contributed by atoms with van der Waals surface area (Å²) in [5.41, 5.74) is 0.951. The van der Waals surface area contributed by atoms with Crippen LogP contribution in [0.5, 0.6) is 0 Å². The minimum atomic E-state index is -0.903. The summed E-state index contributed by atoms with van der Waals surface area (Å²) in [6, 6.07) is 9.40. The largest absolute Gasteiger partial charge is 0.480 e. The standard InChI is InChI=1S/C15H20O4S/c1-2-3-9-19-14(16)11-20-13(15(17)18)10-12-7-5-4-6-8-12/h4-8,13H,2-3,9-11H2,1H3,(H,17,18). The molecule has 0 fully saturated rings. The average Bonchev–Trinajstić information content (AvgIpc) is 2.44. The molecule has 0 saturated carbocycles. The number of carbonyl (C=O) groups excluding carboxylic acids is 1. The van der Waals surface area contributed by atoms with Gasteiger partial charge in [0.15, 0.2) is 0 Å². The Hall–Kier alpha value is -1.49. The molecule has 0 spiro atoms. The molecule has 1 aromatic carbocycles. The van der Waals surface area contributed by atoms with Gasteiger partial charge in [0.2, 0.25) is 0 Å². The summed E-state index contributed by atoms with van der Waals surface area (Å²) >= 11 is 1.12. The molecule has 1 rings (SSSR count). The van der Waals surface area contributed by atoms with Crippen molar-refractivity contribution < 1.29 is 19.4 Å². The SMILES string of the molecule is CCCCOC(=O)CSC(Cc1ccccc1)C(=O)O. The highest BCUT2D eigenvalue weighted by Crippen LogP contribution is 2.17. The first-order valence-electron chi connectivity index (χ1n) is 6.67. The zero-order valence-electron chi connectivity index (χ0n) is 11.6. The lowest BCUT2D eigenvalue weighted by Crippen LogP contribution is -2.22. The van der Waals surface area contributed by atoms with Crippen molar-refractivity contribution in [3.63, 3.8) is 0 Å². The van der Waals surface area contributed by atoms with E-state index in [9.17, 15) is 14.7 Å². The van der Waals surface area contributed by atoms with Crippen LogP contribution < -0.4 is 0 Å². The lowest BCUT2D eigenvalue weighted by Gasteiger charge is -2.11. The van der Waals surface area contributed by atoms with Crippen molar-refractivity contribution in [2.24, 2.45) is 0 Å². The Labute approximate surface area is 123 Å². The number of ether oxygens (including phenoxy) is 1. The van der Waals surface area contributed by atoms with Gasteiger partial charge in [-0.15, -0.1) is 11.8 Å². The van der Waals surface area contributed by atoms with Crippen LogP contribution in [0.3, 0.4) is 0 Å². The van der Waals surface area contributed by atoms with Gasteiger partial charge in [-0.1, -0.05) is 43.7 Å². The van der Waals surface area contributed by atoms with E-state index in [1.807, 2.05) is 37.3 Å². The molecule has 0 saturated heterocycles. The van der Waals surface area contributed by atoms with Crippen LogP contribution in [-0.4, -0.2) is 34.7 Å². The molecule has 0 bridgehead atoms. The number of aliphatic carboxylic acids is 1. The van der Waals surface area contributed by atoms with Gasteiger partial charge in [0, 0.05) is 0 Å². The van der Waals surface area contributed by atoms with Crippen molar-refractivity contribution in [2.75, 3.05) is 12.4 Å². The smallest absolute Gasteiger partial charge is 0.316 e. The number of esters is 1. The molecule has 0 amide bonds. The first-order chi connectivity index (χ1) is 9.63. The Balaban J connectivity index is 2.40. The maximum Gasteiger partial charge on any atom is 0.316 e. The Morgan fingerprint density at radius 3 is 2.60 bits per heavy atom. The molecule has 0 aromatic heterocycles. The number of thioether (sulfide) groups is 1. The molecule has 5 heteroatoms. The van der Waals surface area contributed by atoms with Gasteiger partial charge in [0.25, 0.3) is 0 Å². The minimum absolute atomic E-state index is 0.0769. The van der Waals surface area contributed by atoms with Gasteiger partial charge >= 0.3 is 11.9 Å². The molecule has 4 nitrogen and oxygen atoms in total. The predicted molar refractivity (Wildman–Crippen MR) is 79.9 cm³/mol. The van der Waals surface area contributed by atoms with E-state index in [0.717, 1.165) is 30.2 Å². The van der Waals surface area contributed by atoms with Crippen LogP contribution in [-0.2, 0) is 20.7 Å². The maximum absolute atomic E-state index is 11.5. The highest BCUT2D eigenvalue weighted by molar-refractivity contribution is 8.01. The fourth-order valence-corrected chi connectivity index (χ4v) is 2.46. The molecule has 0 aliphatic heterocycles. The third kappa shape index (κ3) is 6.61. The quantitative estimate of drug-likeness (QED) is 0.561. The molecule has 1 N–H and O–H groups in total. The zero-order chi connectivity index (χ0) is 14.8. The van der Waals surface area contributed by atoms with Crippen LogP contribution in [0.25, 0.3) is 0 Å². The molecular weight excluding hydrogens is 276 g/mol. The number of hydrogen-bond acceptors (Lipinski definition) is 4. The van der Waals surface area contributed by atoms with Crippen LogP contribution >= 0.6 is 11.8 Å². The van der Waals surface area contributed by atoms with E-state index in [2.05, 4.69) is 0 Å². The molecular formula is C15H20O4S. The fourth-order valence-electron chi connectivity index (χ4n) is 1.59. The lowest BCUT2D eigenvalue weighted by molar-refractivity contribution is -0.140. The van der Waals surface area contributed by atoms with E-state index in [-0.39, 0.29) is 11.7 Å². The van der Waals surface area contributed by atoms with Crippen molar-refractivity contribution in [1.82, 2.24) is 0 Å². The lowest BCUT2D eigenvalue weighted by atomic mass is 10.1. The normalized spacial score (nSPS) is 11.8. The van der Waals surface area contributed by atoms with E-state index in [0.29, 0.717) is 13.0 Å². The molecule has 0 heterocycles. The van der Waals surface area contributed by atoms with Gasteiger partial charge in [-0.3, -0.25) is 9.59 Å². The summed E-state index contributed by atoms with van der Waals surface area (Å²) in [7, 11) is 0. The Morgan fingerprint density at radius 2 is 2.00 bits per heavy atom. The highest BCUT2D eigenvalue weighted by atomic mass is 32.2. The zero-order valence-corrected chi connectivity index (χ0v) is 12.4. The number of benzene rings is 1. The third-order valence-electron chi connectivity index (χ3n) is 2.70. The van der Waals surface area contributed by atoms with Crippen molar-refractivity contribution in [2.45, 2.75) is 31.4 Å². The van der Waals surface area contributed by atoms with Crippen LogP contribution in [0.1, 0.15) is 25.3 Å². The van der Waals surface area contributed by atoms with E-state index in [4.69, 9.17) is 4.74 Å². The number of hydrogen-bond donors (Lipinski definition) is 1. The van der Waals surface area contributed by atoms with Crippen molar-refractivity contribution in [3.8, 4) is 0 Å². The first-order valence-corrected chi connectivity index (χ1v) is 7.72. The first kappa shape index (κ1) is 16.6. The van der Waals surface area contributed by atoms with Gasteiger partial charge in [0.05, 0.1) is 12.4 Å². The summed E-state index contributed by atoms with van der Waals surface area (Å²) in [6.45, 7) is 2.43. The minimum Gasteiger partial charge on any atom is -0.480 e. The molecule has 0 aliphatic rings. The predicted octanol–water partition coefficient (Wildman–Crippen LogP) is 2.76. The van der Waals surface area contributed by atoms with Gasteiger partial charge in [0.1, 0.15) is 5.25 Å². The van der Waals surface area contributed by atoms with Gasteiger partial charge in [-0.25, -0.2) is 0 Å². The molecule has 1 atom stereocenters. The molecule has 20 heavy (non-hydrogen) atoms. The van der Waals surface area contributed by atoms with Gasteiger partial charge in [-0.2, -0.15) is 0 Å². The Morgan fingerprint density at radius 1 is 1.30 bits per heavy atom. The van der Waals surface area contributed by atoms with Gasteiger partial charge < -0.3 is 9.84 Å². The average molecular weight is 296 g/mol. The summed E-state index contributed by atoms with van der Waals surface area (Å²) in [5, 5.41) is 8.56. The van der Waals surface area contributed by atoms with Crippen molar-refractivity contribution in [3.05, 3.63) is 35.9 Å². The Bertz CT molecular complexity index is 419. The second-order valence-electron chi connectivity index (χ2n) is 4.40. The maximum atomic E-state index is 11.5. The summed E-state index contributed by atoms with van der Waals surface area (Å²) in [5.74, 6) is -1.17. The van der Waals surface area contributed by atoms with Crippen molar-refractivity contribution >= 4 is 23.7 Å². The van der Waals surface area contributed by atoms with E-state index < -0.39 is 11.2 Å². The number of carboxylic acids is 1. The highest BCUT2D eigenvalue weighted by Gasteiger charge is 2.20. The van der Waals surface area contributed by atoms with E-state index >= 15 is 0 Å². The summed E-state index contributed by atoms with van der Waals surface area (Å²) in [4.78, 5) is 22.7. The van der Waals surface area contributed by atoms with E-state index in [1.54, 1.807) is 0 Å². The second-order valence-corrected chi connectivity index (χ2v) is 5.59. The topological polar surface area (TPSA) is 63.6 Å². The second kappa shape index (κ2) is 9.42. The summed E-state index contributed by atoms with van der Waals surface area (Å²) < 4.78 is 5.01. The van der Waals surface area contributed by atoms with Crippen molar-refractivity contribution in [1.29, 1.82) is 0 Å². The van der Waals surface area contributed by atoms with Crippen LogP contribution in [0.2, 0.25) is 0 Å². The number of unbranched alkanes of at least 4 members (excludes halogenated alkanes) is 1. The summed E-state index contributed by atoms with van der Waals surface area (Å²) in [6.07, 6.45) is 2.21. The number of rotatable bonds is 9. The van der Waals surface area contributed by atoms with Crippen LogP contribution in [0.4, 0.5) is 0 Å². The Kier molecular flexibility index (Phi) is 7.80. The fraction of sp³-hybridized carbons (Fsp3) is 0.467. The third-order valence-corrected chi connectivity index (χ3v) is 3.88. The molecule has 0 aliphatic carbocycles. The molecule has 1 aromatic rings. The van der Waals surface area contributed by atoms with Crippen LogP contribution in [0, 0.1) is 0 Å². The van der Waals surface area contributed by atoms with Gasteiger partial charge in [-0.05, 0) is 18.4 Å². The molecule has 1 unspecified atom stereocenters. The monoisotopic (exact) mass is 296 g/mol. The molecule has 0 radical (unpaired) electrons. The number of carboxylic acid groups (broad SMARTS) is 1. The molecule has 110 valence electrons. The van der Waals surface area contributed by atoms with Crippen LogP contribution in [0.15, 0.2) is 30.3 Å². The van der Waals surface area contributed by atoms with E-state index in [1.165, 1.54) is 0 Å².